The largest absolute Gasteiger partial charge is 0.310 e. The predicted molar refractivity (Wildman–Crippen MR) is 220 cm³/mol. The highest BCUT2D eigenvalue weighted by Crippen LogP contribution is 2.57. The van der Waals surface area contributed by atoms with Gasteiger partial charge >= 0.3 is 0 Å². The summed E-state index contributed by atoms with van der Waals surface area (Å²) in [5, 5.41) is 3.38. The molecule has 9 aromatic rings. The molecule has 0 amide bonds. The van der Waals surface area contributed by atoms with Gasteiger partial charge in [0.2, 0.25) is 0 Å². The van der Waals surface area contributed by atoms with E-state index in [-0.39, 0.29) is 0 Å². The number of aromatic nitrogens is 2. The Bertz CT molecular complexity index is 2640. The van der Waals surface area contributed by atoms with Crippen LogP contribution in [0.2, 0.25) is 0 Å². The van der Waals surface area contributed by atoms with Gasteiger partial charge in [0.1, 0.15) is 5.01 Å². The van der Waals surface area contributed by atoms with Gasteiger partial charge in [0.25, 0.3) is 0 Å². The van der Waals surface area contributed by atoms with Gasteiger partial charge in [-0.2, -0.15) is 4.37 Å². The molecule has 0 saturated heterocycles. The van der Waals surface area contributed by atoms with Crippen molar-refractivity contribution in [3.63, 3.8) is 0 Å². The summed E-state index contributed by atoms with van der Waals surface area (Å²) in [4.78, 5) is 7.48. The number of hydrogen-bond acceptors (Lipinski definition) is 4. The molecule has 0 N–H and O–H groups in total. The minimum atomic E-state index is -0.499. The minimum absolute atomic E-state index is 0.499. The number of rotatable bonds is 6. The summed E-state index contributed by atoms with van der Waals surface area (Å²) in [6.07, 6.45) is 0. The molecule has 3 nitrogen and oxygen atoms in total. The molecule has 53 heavy (non-hydrogen) atoms. The molecule has 0 spiro atoms. The Labute approximate surface area is 313 Å². The third-order valence-corrected chi connectivity index (χ3v) is 11.3. The van der Waals surface area contributed by atoms with Gasteiger partial charge < -0.3 is 4.90 Å². The van der Waals surface area contributed by atoms with Crippen LogP contribution in [0.1, 0.15) is 22.3 Å². The van der Waals surface area contributed by atoms with Gasteiger partial charge in [-0.3, -0.25) is 0 Å². The van der Waals surface area contributed by atoms with Crippen LogP contribution in [-0.2, 0) is 5.41 Å². The zero-order valence-corrected chi connectivity index (χ0v) is 29.6. The fourth-order valence-corrected chi connectivity index (χ4v) is 8.88. The van der Waals surface area contributed by atoms with E-state index < -0.39 is 5.41 Å². The molecule has 0 radical (unpaired) electrons. The van der Waals surface area contributed by atoms with E-state index in [1.165, 1.54) is 55.7 Å². The highest BCUT2D eigenvalue weighted by Gasteiger charge is 2.46. The summed E-state index contributed by atoms with van der Waals surface area (Å²) >= 11 is 1.44. The van der Waals surface area contributed by atoms with Crippen molar-refractivity contribution in [1.82, 2.24) is 9.36 Å². The lowest BCUT2D eigenvalue weighted by atomic mass is 9.62. The van der Waals surface area contributed by atoms with Gasteiger partial charge in [-0.1, -0.05) is 176 Å². The van der Waals surface area contributed by atoms with Crippen LogP contribution in [0.3, 0.4) is 0 Å². The Morgan fingerprint density at radius 1 is 0.453 bits per heavy atom. The Morgan fingerprint density at radius 2 is 1.02 bits per heavy atom. The van der Waals surface area contributed by atoms with E-state index in [9.17, 15) is 0 Å². The first-order valence-electron chi connectivity index (χ1n) is 17.9. The second-order valence-electron chi connectivity index (χ2n) is 13.4. The van der Waals surface area contributed by atoms with Crippen molar-refractivity contribution in [2.45, 2.75) is 5.41 Å². The van der Waals surface area contributed by atoms with Gasteiger partial charge in [0, 0.05) is 16.8 Å². The molecule has 0 bridgehead atoms. The lowest BCUT2D eigenvalue weighted by molar-refractivity contribution is 0.731. The molecule has 0 saturated carbocycles. The van der Waals surface area contributed by atoms with E-state index in [2.05, 4.69) is 205 Å². The van der Waals surface area contributed by atoms with Gasteiger partial charge in [0.15, 0.2) is 5.82 Å². The smallest absolute Gasteiger partial charge is 0.173 e. The third-order valence-electron chi connectivity index (χ3n) is 10.5. The van der Waals surface area contributed by atoms with Crippen LogP contribution in [0.5, 0.6) is 0 Å². The van der Waals surface area contributed by atoms with Crippen molar-refractivity contribution < 1.29 is 0 Å². The topological polar surface area (TPSA) is 29.0 Å². The fraction of sp³-hybridized carbons (Fsp3) is 0.0204. The highest BCUT2D eigenvalue weighted by molar-refractivity contribution is 7.09. The fourth-order valence-electron chi connectivity index (χ4n) is 8.20. The van der Waals surface area contributed by atoms with Crippen LogP contribution in [0.25, 0.3) is 43.9 Å². The Balaban J connectivity index is 1.05. The Kier molecular flexibility index (Phi) is 7.55. The van der Waals surface area contributed by atoms with Crippen LogP contribution in [0.4, 0.5) is 17.1 Å². The van der Waals surface area contributed by atoms with Gasteiger partial charge in [-0.15, -0.1) is 0 Å². The minimum Gasteiger partial charge on any atom is -0.310 e. The zero-order valence-electron chi connectivity index (χ0n) is 28.8. The molecule has 0 atom stereocenters. The normalized spacial score (nSPS) is 13.0. The summed E-state index contributed by atoms with van der Waals surface area (Å²) in [5.41, 5.74) is 12.3. The number of hydrogen-bond donors (Lipinski definition) is 0. The molecule has 0 unspecified atom stereocenters. The monoisotopic (exact) mass is 695 g/mol. The van der Waals surface area contributed by atoms with E-state index in [0.29, 0.717) is 0 Å². The molecule has 1 aromatic heterocycles. The van der Waals surface area contributed by atoms with Gasteiger partial charge in [-0.25, -0.2) is 4.98 Å². The van der Waals surface area contributed by atoms with Crippen LogP contribution in [-0.4, -0.2) is 9.36 Å². The summed E-state index contributed by atoms with van der Waals surface area (Å²) in [6, 6.07) is 71.9. The van der Waals surface area contributed by atoms with Crippen molar-refractivity contribution in [2.75, 3.05) is 4.90 Å². The first-order valence-corrected chi connectivity index (χ1v) is 18.7. The number of fused-ring (bicyclic) bond motifs is 3. The molecule has 1 aliphatic rings. The lowest BCUT2D eigenvalue weighted by Crippen LogP contribution is -2.37. The maximum atomic E-state index is 5.07. The number of benzene rings is 8. The number of para-hydroxylation sites is 2. The molecule has 0 aliphatic carbocycles. The summed E-state index contributed by atoms with van der Waals surface area (Å²) in [6.45, 7) is 0. The average molecular weight is 696 g/mol. The Morgan fingerprint density at radius 3 is 1.72 bits per heavy atom. The SMILES string of the molecule is c1ccc(C2(c3ccccc3)c3ccccc3N(c3cccc(-c4nc(-c5ccc(-c6cccc7ccccc67)cc5)ns4)c3)c3ccccc32)cc1. The van der Waals surface area contributed by atoms with Crippen molar-refractivity contribution in [3.8, 4) is 33.1 Å². The number of anilines is 3. The lowest BCUT2D eigenvalue weighted by Gasteiger charge is -2.46. The summed E-state index contributed by atoms with van der Waals surface area (Å²) in [5.74, 6) is 0.740. The molecule has 250 valence electrons. The molecular formula is C49H33N3S. The average Bonchev–Trinajstić information content (AvgIpc) is 3.74. The standard InChI is InChI=1S/C49H33N3S/c1-3-18-38(19-4-1)49(39-20-5-2-6-21-39)43-25-9-11-27-45(43)52(46-28-12-10-26-44(46)49)40-22-13-17-37(33-40)48-50-47(51-53-48)36-31-29-35(30-32-36)42-24-14-16-34-15-7-8-23-41(34)42/h1-33H. The maximum absolute atomic E-state index is 5.07. The zero-order chi connectivity index (χ0) is 35.2. The summed E-state index contributed by atoms with van der Waals surface area (Å²) in [7, 11) is 0. The molecular weight excluding hydrogens is 663 g/mol. The van der Waals surface area contributed by atoms with Crippen LogP contribution in [0, 0.1) is 0 Å². The third kappa shape index (κ3) is 5.10. The van der Waals surface area contributed by atoms with E-state index in [1.807, 2.05) is 0 Å². The first-order chi connectivity index (χ1) is 26.3. The predicted octanol–water partition coefficient (Wildman–Crippen LogP) is 12.9. The van der Waals surface area contributed by atoms with Crippen LogP contribution >= 0.6 is 11.5 Å². The van der Waals surface area contributed by atoms with Crippen LogP contribution in [0.15, 0.2) is 200 Å². The molecule has 10 rings (SSSR count). The van der Waals surface area contributed by atoms with Crippen molar-refractivity contribution in [3.05, 3.63) is 222 Å². The van der Waals surface area contributed by atoms with Crippen molar-refractivity contribution >= 4 is 39.4 Å². The van der Waals surface area contributed by atoms with Crippen LogP contribution < -0.4 is 4.90 Å². The Hall–Kier alpha value is -6.62. The molecule has 0 fully saturated rings. The van der Waals surface area contributed by atoms with Crippen molar-refractivity contribution in [1.29, 1.82) is 0 Å². The first kappa shape index (κ1) is 31.1. The highest BCUT2D eigenvalue weighted by atomic mass is 32.1. The van der Waals surface area contributed by atoms with E-state index in [0.717, 1.165) is 39.0 Å². The van der Waals surface area contributed by atoms with E-state index in [1.54, 1.807) is 0 Å². The second kappa shape index (κ2) is 12.9. The molecule has 2 heterocycles. The quantitative estimate of drug-likeness (QED) is 0.173. The van der Waals surface area contributed by atoms with Crippen molar-refractivity contribution in [2.24, 2.45) is 0 Å². The maximum Gasteiger partial charge on any atom is 0.173 e. The molecule has 8 aromatic carbocycles. The van der Waals surface area contributed by atoms with E-state index in [4.69, 9.17) is 9.36 Å². The second-order valence-corrected chi connectivity index (χ2v) is 14.2. The molecule has 1 aliphatic heterocycles. The van der Waals surface area contributed by atoms with Gasteiger partial charge in [0.05, 0.1) is 16.8 Å². The number of nitrogens with zero attached hydrogens (tertiary/aromatic N) is 3. The summed E-state index contributed by atoms with van der Waals surface area (Å²) < 4.78 is 4.83. The molecule has 4 heteroatoms. The van der Waals surface area contributed by atoms with Gasteiger partial charge in [-0.05, 0) is 80.0 Å². The van der Waals surface area contributed by atoms with E-state index >= 15 is 0 Å².